The summed E-state index contributed by atoms with van der Waals surface area (Å²) in [6, 6.07) is 0. The van der Waals surface area contributed by atoms with Gasteiger partial charge in [-0.3, -0.25) is 0 Å². The summed E-state index contributed by atoms with van der Waals surface area (Å²) in [6.07, 6.45) is 12.2. The number of hydrogen-bond donors (Lipinski definition) is 0. The van der Waals surface area contributed by atoms with Crippen molar-refractivity contribution in [2.45, 2.75) is 71.6 Å². The van der Waals surface area contributed by atoms with E-state index in [2.05, 4.69) is 25.6 Å². The Balaban J connectivity index is 3.57. The fourth-order valence-corrected chi connectivity index (χ4v) is 1.95. The summed E-state index contributed by atoms with van der Waals surface area (Å²) in [5.41, 5.74) is 0. The van der Waals surface area contributed by atoms with Crippen molar-refractivity contribution >= 4 is 7.85 Å². The van der Waals surface area contributed by atoms with Crippen LogP contribution in [0.3, 0.4) is 0 Å². The van der Waals surface area contributed by atoms with Crippen LogP contribution in [0.4, 0.5) is 0 Å². The van der Waals surface area contributed by atoms with Gasteiger partial charge in [-0.1, -0.05) is 58.8 Å². The second-order valence-corrected chi connectivity index (χ2v) is 4.44. The fourth-order valence-electron chi connectivity index (χ4n) is 1.95. The van der Waals surface area contributed by atoms with Crippen molar-refractivity contribution in [2.75, 3.05) is 0 Å². The molecule has 0 saturated carbocycles. The third kappa shape index (κ3) is 9.92. The zero-order valence-electron chi connectivity index (χ0n) is 10.9. The van der Waals surface area contributed by atoms with E-state index in [0.717, 1.165) is 0 Å². The molecule has 0 amide bonds. The molecule has 1 atom stereocenters. The van der Waals surface area contributed by atoms with E-state index in [1.165, 1.54) is 57.8 Å². The highest BCUT2D eigenvalue weighted by Crippen LogP contribution is 2.17. The Kier molecular flexibility index (Phi) is 11.4. The SMILES string of the molecule is BC#CC(CCCCC)CCCCCC. The number of rotatable bonds is 9. The normalized spacial score (nSPS) is 11.9. The van der Waals surface area contributed by atoms with Gasteiger partial charge in [-0.2, -0.15) is 5.82 Å². The molecule has 0 aliphatic rings. The van der Waals surface area contributed by atoms with Gasteiger partial charge in [0.25, 0.3) is 0 Å². The minimum Gasteiger partial charge on any atom is -0.165 e. The summed E-state index contributed by atoms with van der Waals surface area (Å²) >= 11 is 0. The summed E-state index contributed by atoms with van der Waals surface area (Å²) in [6.45, 7) is 4.53. The first-order valence-corrected chi connectivity index (χ1v) is 6.77. The summed E-state index contributed by atoms with van der Waals surface area (Å²) in [5.74, 6) is 7.13. The van der Waals surface area contributed by atoms with Crippen LogP contribution >= 0.6 is 0 Å². The molecule has 0 aromatic carbocycles. The lowest BCUT2D eigenvalue weighted by Crippen LogP contribution is -1.98. The quantitative estimate of drug-likeness (QED) is 0.306. The zero-order chi connectivity index (χ0) is 11.4. The Hall–Kier alpha value is -0.375. The van der Waals surface area contributed by atoms with Crippen molar-refractivity contribution in [2.24, 2.45) is 5.92 Å². The molecular weight excluding hydrogens is 179 g/mol. The highest BCUT2D eigenvalue weighted by Gasteiger charge is 2.03. The summed E-state index contributed by atoms with van der Waals surface area (Å²) in [4.78, 5) is 0. The highest BCUT2D eigenvalue weighted by atomic mass is 14.1. The van der Waals surface area contributed by atoms with Gasteiger partial charge in [-0.15, -0.1) is 5.92 Å². The predicted octanol–water partition coefficient (Wildman–Crippen LogP) is 3.75. The van der Waals surface area contributed by atoms with E-state index in [1.54, 1.807) is 0 Å². The molecule has 0 aliphatic heterocycles. The Bertz CT molecular complexity index is 176. The average Bonchev–Trinajstić information content (AvgIpc) is 2.24. The van der Waals surface area contributed by atoms with Gasteiger partial charge in [0.2, 0.25) is 0 Å². The van der Waals surface area contributed by atoms with E-state index in [0.29, 0.717) is 5.92 Å². The van der Waals surface area contributed by atoms with E-state index in [1.807, 2.05) is 7.85 Å². The first-order chi connectivity index (χ1) is 7.35. The maximum atomic E-state index is 3.37. The second kappa shape index (κ2) is 11.7. The molecule has 86 valence electrons. The van der Waals surface area contributed by atoms with E-state index in [-0.39, 0.29) is 0 Å². The summed E-state index contributed by atoms with van der Waals surface area (Å²) in [7, 11) is 1.97. The lowest BCUT2D eigenvalue weighted by molar-refractivity contribution is 0.489. The third-order valence-corrected chi connectivity index (χ3v) is 2.91. The van der Waals surface area contributed by atoms with Crippen molar-refractivity contribution in [1.82, 2.24) is 0 Å². The molecule has 0 aromatic heterocycles. The van der Waals surface area contributed by atoms with Crippen molar-refractivity contribution < 1.29 is 0 Å². The Morgan fingerprint density at radius 1 is 0.867 bits per heavy atom. The van der Waals surface area contributed by atoms with Crippen molar-refractivity contribution in [3.8, 4) is 11.7 Å². The molecule has 0 aliphatic carbocycles. The van der Waals surface area contributed by atoms with Gasteiger partial charge in [0.15, 0.2) is 7.85 Å². The molecule has 0 rings (SSSR count). The highest BCUT2D eigenvalue weighted by molar-refractivity contribution is 6.22. The van der Waals surface area contributed by atoms with Crippen LogP contribution < -0.4 is 0 Å². The predicted molar refractivity (Wildman–Crippen MR) is 72.7 cm³/mol. The minimum atomic E-state index is 0.679. The van der Waals surface area contributed by atoms with Crippen LogP contribution in [-0.2, 0) is 0 Å². The average molecular weight is 206 g/mol. The molecule has 0 bridgehead atoms. The van der Waals surface area contributed by atoms with Crippen molar-refractivity contribution in [3.63, 3.8) is 0 Å². The van der Waals surface area contributed by atoms with E-state index in [4.69, 9.17) is 0 Å². The molecule has 1 unspecified atom stereocenters. The summed E-state index contributed by atoms with van der Waals surface area (Å²) in [5, 5.41) is 0. The topological polar surface area (TPSA) is 0 Å². The van der Waals surface area contributed by atoms with Crippen molar-refractivity contribution in [1.29, 1.82) is 0 Å². The molecule has 0 heterocycles. The molecule has 0 fully saturated rings. The Labute approximate surface area is 97.6 Å². The van der Waals surface area contributed by atoms with Gasteiger partial charge >= 0.3 is 0 Å². The molecular formula is C14H27B. The van der Waals surface area contributed by atoms with E-state index >= 15 is 0 Å². The smallest absolute Gasteiger partial charge is 0.165 e. The maximum Gasteiger partial charge on any atom is 0.195 e. The van der Waals surface area contributed by atoms with Crippen molar-refractivity contribution in [3.05, 3.63) is 0 Å². The Morgan fingerprint density at radius 2 is 1.40 bits per heavy atom. The third-order valence-electron chi connectivity index (χ3n) is 2.91. The van der Waals surface area contributed by atoms with Crippen LogP contribution in [0.25, 0.3) is 0 Å². The zero-order valence-corrected chi connectivity index (χ0v) is 10.9. The molecule has 1 heteroatoms. The first-order valence-electron chi connectivity index (χ1n) is 6.77. The van der Waals surface area contributed by atoms with Gasteiger partial charge in [0.1, 0.15) is 0 Å². The van der Waals surface area contributed by atoms with Gasteiger partial charge in [0, 0.05) is 5.92 Å². The van der Waals surface area contributed by atoms with Gasteiger partial charge in [0.05, 0.1) is 0 Å². The molecule has 15 heavy (non-hydrogen) atoms. The van der Waals surface area contributed by atoms with Crippen LogP contribution in [-0.4, -0.2) is 7.85 Å². The molecule has 0 spiro atoms. The van der Waals surface area contributed by atoms with Crippen LogP contribution in [0, 0.1) is 17.7 Å². The Morgan fingerprint density at radius 3 is 1.93 bits per heavy atom. The molecule has 0 saturated heterocycles. The van der Waals surface area contributed by atoms with Crippen LogP contribution in [0.2, 0.25) is 0 Å². The van der Waals surface area contributed by atoms with E-state index in [9.17, 15) is 0 Å². The monoisotopic (exact) mass is 206 g/mol. The standard InChI is InChI=1S/C14H27B/c1-3-5-7-9-11-14(12-13-15)10-8-6-4-2/h14H,3-11,15H2,1-2H3. The van der Waals surface area contributed by atoms with Crippen LogP contribution in [0.1, 0.15) is 71.6 Å². The largest absolute Gasteiger partial charge is 0.195 e. The minimum absolute atomic E-state index is 0.679. The van der Waals surface area contributed by atoms with Crippen LogP contribution in [0.5, 0.6) is 0 Å². The second-order valence-electron chi connectivity index (χ2n) is 4.44. The summed E-state index contributed by atoms with van der Waals surface area (Å²) < 4.78 is 0. The van der Waals surface area contributed by atoms with Gasteiger partial charge in [-0.05, 0) is 12.8 Å². The number of hydrogen-bond acceptors (Lipinski definition) is 0. The van der Waals surface area contributed by atoms with Gasteiger partial charge in [-0.25, -0.2) is 0 Å². The molecule has 0 aromatic rings. The maximum absolute atomic E-state index is 3.37. The van der Waals surface area contributed by atoms with E-state index < -0.39 is 0 Å². The molecule has 0 nitrogen and oxygen atoms in total. The van der Waals surface area contributed by atoms with Gasteiger partial charge < -0.3 is 0 Å². The lowest BCUT2D eigenvalue weighted by atomic mass is 9.94. The number of unbranched alkanes of at least 4 members (excludes halogenated alkanes) is 5. The lowest BCUT2D eigenvalue weighted by Gasteiger charge is -2.10. The molecule has 0 N–H and O–H groups in total. The first kappa shape index (κ1) is 14.6. The van der Waals surface area contributed by atoms with Crippen LogP contribution in [0.15, 0.2) is 0 Å². The fraction of sp³-hybridized carbons (Fsp3) is 0.857. The molecule has 0 radical (unpaired) electrons.